The first kappa shape index (κ1) is 18.3. The van der Waals surface area contributed by atoms with Gasteiger partial charge in [-0.05, 0) is 29.8 Å². The number of rotatable bonds is 6. The van der Waals surface area contributed by atoms with Crippen LogP contribution < -0.4 is 15.8 Å². The maximum atomic E-state index is 12.7. The maximum Gasteiger partial charge on any atom is 0.274 e. The van der Waals surface area contributed by atoms with E-state index in [-0.39, 0.29) is 18.1 Å². The van der Waals surface area contributed by atoms with E-state index in [4.69, 9.17) is 10.5 Å². The van der Waals surface area contributed by atoms with E-state index in [1.165, 1.54) is 6.20 Å². The topological polar surface area (TPSA) is 110 Å². The fourth-order valence-corrected chi connectivity index (χ4v) is 2.61. The highest BCUT2D eigenvalue weighted by atomic mass is 16.5. The largest absolute Gasteiger partial charge is 0.497 e. The van der Waals surface area contributed by atoms with Crippen LogP contribution in [-0.4, -0.2) is 34.7 Å². The summed E-state index contributed by atoms with van der Waals surface area (Å²) < 4.78 is 5.14. The van der Waals surface area contributed by atoms with Gasteiger partial charge in [-0.3, -0.25) is 4.79 Å². The van der Waals surface area contributed by atoms with Gasteiger partial charge in [-0.1, -0.05) is 30.3 Å². The van der Waals surface area contributed by atoms with Crippen molar-refractivity contribution in [3.63, 3.8) is 0 Å². The quantitative estimate of drug-likeness (QED) is 0.618. The van der Waals surface area contributed by atoms with Crippen molar-refractivity contribution in [2.75, 3.05) is 19.5 Å². The van der Waals surface area contributed by atoms with Gasteiger partial charge in [0.1, 0.15) is 5.75 Å². The lowest BCUT2D eigenvalue weighted by atomic mass is 10.1. The molecule has 27 heavy (non-hydrogen) atoms. The van der Waals surface area contributed by atoms with E-state index < -0.39 is 11.9 Å². The number of anilines is 1. The molecule has 0 bridgehead atoms. The summed E-state index contributed by atoms with van der Waals surface area (Å²) in [5.74, 6) is 0.238. The van der Waals surface area contributed by atoms with Gasteiger partial charge in [0.05, 0.1) is 31.6 Å². The molecule has 1 amide bonds. The number of carbonyl (C=O) groups excluding carboxylic acids is 1. The summed E-state index contributed by atoms with van der Waals surface area (Å²) in [6, 6.07) is 15.8. The Bertz CT molecular complexity index is 914. The summed E-state index contributed by atoms with van der Waals surface area (Å²) in [5.41, 5.74) is 7.94. The number of aliphatic hydroxyl groups is 1. The lowest BCUT2D eigenvalue weighted by molar-refractivity contribution is 0.0912. The van der Waals surface area contributed by atoms with Crippen LogP contribution >= 0.6 is 0 Å². The van der Waals surface area contributed by atoms with E-state index in [0.717, 1.165) is 11.1 Å². The van der Waals surface area contributed by atoms with Gasteiger partial charge in [-0.15, -0.1) is 0 Å². The lowest BCUT2D eigenvalue weighted by Gasteiger charge is -2.17. The first-order valence-electron chi connectivity index (χ1n) is 8.36. The molecule has 1 aromatic heterocycles. The Kier molecular flexibility index (Phi) is 5.63. The Morgan fingerprint density at radius 1 is 1.19 bits per heavy atom. The number of amides is 1. The second-order valence-electron chi connectivity index (χ2n) is 5.84. The first-order valence-corrected chi connectivity index (χ1v) is 8.36. The van der Waals surface area contributed by atoms with Crippen molar-refractivity contribution in [3.05, 3.63) is 72.1 Å². The van der Waals surface area contributed by atoms with Crippen molar-refractivity contribution in [2.45, 2.75) is 6.04 Å². The SMILES string of the molecule is COc1ccc(-c2cnc(N)c(C(=O)N[C@H](CO)c3ccccc3)n2)cc1. The Morgan fingerprint density at radius 2 is 1.89 bits per heavy atom. The van der Waals surface area contributed by atoms with Gasteiger partial charge in [-0.2, -0.15) is 0 Å². The molecule has 3 rings (SSSR count). The third-order valence-electron chi connectivity index (χ3n) is 4.09. The number of benzene rings is 2. The van der Waals surface area contributed by atoms with Crippen molar-refractivity contribution in [1.29, 1.82) is 0 Å². The molecule has 2 aromatic carbocycles. The Labute approximate surface area is 156 Å². The minimum absolute atomic E-state index is 0.0118. The van der Waals surface area contributed by atoms with Crippen LogP contribution in [0.2, 0.25) is 0 Å². The molecule has 0 saturated carbocycles. The van der Waals surface area contributed by atoms with E-state index in [1.54, 1.807) is 19.2 Å². The Hall–Kier alpha value is -3.45. The molecule has 1 atom stereocenters. The molecular weight excluding hydrogens is 344 g/mol. The van der Waals surface area contributed by atoms with Crippen LogP contribution in [0, 0.1) is 0 Å². The van der Waals surface area contributed by atoms with Crippen LogP contribution in [0.3, 0.4) is 0 Å². The molecule has 0 aliphatic rings. The Morgan fingerprint density at radius 3 is 2.52 bits per heavy atom. The van der Waals surface area contributed by atoms with Crippen molar-refractivity contribution in [3.8, 4) is 17.0 Å². The molecule has 138 valence electrons. The molecule has 0 spiro atoms. The second kappa shape index (κ2) is 8.29. The standard InChI is InChI=1S/C20H20N4O3/c1-27-15-9-7-14(8-10-15)16-11-22-19(21)18(23-16)20(26)24-17(12-25)13-5-3-2-4-6-13/h2-11,17,25H,12H2,1H3,(H2,21,22)(H,24,26)/t17-/m1/s1. The minimum Gasteiger partial charge on any atom is -0.497 e. The summed E-state index contributed by atoms with van der Waals surface area (Å²) >= 11 is 0. The first-order chi connectivity index (χ1) is 13.1. The number of aromatic nitrogens is 2. The molecular formula is C20H20N4O3. The highest BCUT2D eigenvalue weighted by Crippen LogP contribution is 2.22. The average Bonchev–Trinajstić information content (AvgIpc) is 2.73. The van der Waals surface area contributed by atoms with E-state index in [9.17, 15) is 9.90 Å². The molecule has 3 aromatic rings. The van der Waals surface area contributed by atoms with Crippen LogP contribution in [0.1, 0.15) is 22.1 Å². The van der Waals surface area contributed by atoms with Gasteiger partial charge in [-0.25, -0.2) is 9.97 Å². The lowest BCUT2D eigenvalue weighted by Crippen LogP contribution is -2.32. The normalized spacial score (nSPS) is 11.6. The number of nitrogens with one attached hydrogen (secondary N) is 1. The summed E-state index contributed by atoms with van der Waals surface area (Å²) in [5, 5.41) is 12.4. The van der Waals surface area contributed by atoms with Crippen LogP contribution in [0.4, 0.5) is 5.82 Å². The van der Waals surface area contributed by atoms with E-state index in [1.807, 2.05) is 42.5 Å². The predicted octanol–water partition coefficient (Wildman–Crippen LogP) is 2.20. The van der Waals surface area contributed by atoms with Gasteiger partial charge in [0.15, 0.2) is 11.5 Å². The molecule has 0 radical (unpaired) electrons. The summed E-state index contributed by atoms with van der Waals surface area (Å²) in [4.78, 5) is 21.1. The smallest absolute Gasteiger partial charge is 0.274 e. The second-order valence-corrected chi connectivity index (χ2v) is 5.84. The number of nitrogens with two attached hydrogens (primary N) is 1. The van der Waals surface area contributed by atoms with Crippen molar-refractivity contribution in [1.82, 2.24) is 15.3 Å². The van der Waals surface area contributed by atoms with Gasteiger partial charge in [0, 0.05) is 5.56 Å². The number of hydrogen-bond donors (Lipinski definition) is 3. The van der Waals surface area contributed by atoms with Crippen molar-refractivity contribution in [2.24, 2.45) is 0 Å². The van der Waals surface area contributed by atoms with Gasteiger partial charge < -0.3 is 20.9 Å². The van der Waals surface area contributed by atoms with Crippen molar-refractivity contribution >= 4 is 11.7 Å². The Balaban J connectivity index is 1.85. The van der Waals surface area contributed by atoms with E-state index >= 15 is 0 Å². The van der Waals surface area contributed by atoms with E-state index in [2.05, 4.69) is 15.3 Å². The zero-order valence-electron chi connectivity index (χ0n) is 14.8. The highest BCUT2D eigenvalue weighted by molar-refractivity contribution is 5.97. The molecule has 4 N–H and O–H groups in total. The van der Waals surface area contributed by atoms with E-state index in [0.29, 0.717) is 11.4 Å². The highest BCUT2D eigenvalue weighted by Gasteiger charge is 2.19. The molecule has 0 unspecified atom stereocenters. The molecule has 0 aliphatic carbocycles. The van der Waals surface area contributed by atoms with Gasteiger partial charge >= 0.3 is 0 Å². The third-order valence-corrected chi connectivity index (χ3v) is 4.09. The molecule has 0 fully saturated rings. The van der Waals surface area contributed by atoms with Crippen LogP contribution in [0.5, 0.6) is 5.75 Å². The van der Waals surface area contributed by atoms with Crippen molar-refractivity contribution < 1.29 is 14.6 Å². The molecule has 1 heterocycles. The summed E-state index contributed by atoms with van der Waals surface area (Å²) in [7, 11) is 1.59. The molecule has 7 nitrogen and oxygen atoms in total. The number of ether oxygens (including phenoxy) is 1. The number of nitrogens with zero attached hydrogens (tertiary/aromatic N) is 2. The number of carbonyl (C=O) groups is 1. The monoisotopic (exact) mass is 364 g/mol. The summed E-state index contributed by atoms with van der Waals surface area (Å²) in [6.45, 7) is -0.249. The fourth-order valence-electron chi connectivity index (χ4n) is 2.61. The number of hydrogen-bond acceptors (Lipinski definition) is 6. The zero-order chi connectivity index (χ0) is 19.2. The predicted molar refractivity (Wildman–Crippen MR) is 102 cm³/mol. The molecule has 0 saturated heterocycles. The van der Waals surface area contributed by atoms with Crippen LogP contribution in [-0.2, 0) is 0 Å². The minimum atomic E-state index is -0.565. The maximum absolute atomic E-state index is 12.7. The van der Waals surface area contributed by atoms with Gasteiger partial charge in [0.2, 0.25) is 0 Å². The molecule has 7 heteroatoms. The zero-order valence-corrected chi connectivity index (χ0v) is 14.8. The fraction of sp³-hybridized carbons (Fsp3) is 0.150. The van der Waals surface area contributed by atoms with Crippen LogP contribution in [0.25, 0.3) is 11.3 Å². The number of nitrogen functional groups attached to an aromatic ring is 1. The number of aliphatic hydroxyl groups excluding tert-OH is 1. The number of methoxy groups -OCH3 is 1. The average molecular weight is 364 g/mol. The third kappa shape index (κ3) is 4.21. The van der Waals surface area contributed by atoms with Gasteiger partial charge in [0.25, 0.3) is 5.91 Å². The van der Waals surface area contributed by atoms with Crippen LogP contribution in [0.15, 0.2) is 60.8 Å². The molecule has 0 aliphatic heterocycles. The summed E-state index contributed by atoms with van der Waals surface area (Å²) in [6.07, 6.45) is 1.51.